The van der Waals surface area contributed by atoms with Gasteiger partial charge in [0, 0.05) is 0 Å². The first-order valence-electron chi connectivity index (χ1n) is 6.49. The molecule has 0 saturated carbocycles. The van der Waals surface area contributed by atoms with Crippen molar-refractivity contribution >= 4 is 12.5 Å². The SMILES string of the molecule is C=CC=C.O=C[NH][Ti]1([CH]2C=Cc3ccccc32)[CH2][CH2]1. The van der Waals surface area contributed by atoms with Crippen LogP contribution in [0.1, 0.15) is 15.3 Å². The van der Waals surface area contributed by atoms with Gasteiger partial charge >= 0.3 is 93.1 Å². The second-order valence-corrected chi connectivity index (χ2v) is 11.4. The van der Waals surface area contributed by atoms with E-state index in [1.807, 2.05) is 0 Å². The zero-order valence-corrected chi connectivity index (χ0v) is 12.6. The Bertz CT molecular complexity index is 511. The van der Waals surface area contributed by atoms with Crippen LogP contribution in [-0.4, -0.2) is 6.41 Å². The predicted molar refractivity (Wildman–Crippen MR) is 77.4 cm³/mol. The molecule has 1 unspecified atom stereocenters. The van der Waals surface area contributed by atoms with Crippen LogP contribution in [0.25, 0.3) is 6.08 Å². The van der Waals surface area contributed by atoms with Crippen LogP contribution in [0.3, 0.4) is 0 Å². The molecule has 0 radical (unpaired) electrons. The molecule has 3 heteroatoms. The summed E-state index contributed by atoms with van der Waals surface area (Å²) in [7, 11) is 0. The molecule has 2 nitrogen and oxygen atoms in total. The zero-order valence-electron chi connectivity index (χ0n) is 11.0. The number of hydrogen-bond acceptors (Lipinski definition) is 1. The second kappa shape index (κ2) is 6.18. The summed E-state index contributed by atoms with van der Waals surface area (Å²) in [5.74, 6) is 0. The monoisotopic (exact) mass is 289 g/mol. The number of amides is 1. The van der Waals surface area contributed by atoms with Gasteiger partial charge < -0.3 is 0 Å². The standard InChI is InChI=1S/C9H7.C4H6.C2H4.CH3NO.Ti/c1-2-5-9-7-3-6-8(9)4-1;1-3-4-2;1-2;2-1-3;/h1-7H;3-4H,1-2H2;1-2H2;1H,(H2,2,3);/q;;;;+1/p-1. The van der Waals surface area contributed by atoms with Crippen LogP contribution in [0.15, 0.2) is 55.7 Å². The summed E-state index contributed by atoms with van der Waals surface area (Å²) in [5.41, 5.74) is 2.77. The van der Waals surface area contributed by atoms with Crippen molar-refractivity contribution in [2.24, 2.45) is 0 Å². The molecule has 0 aromatic heterocycles. The summed E-state index contributed by atoms with van der Waals surface area (Å²) in [5, 5.41) is 0. The van der Waals surface area contributed by atoms with Crippen LogP contribution in [0.4, 0.5) is 0 Å². The number of allylic oxidation sites excluding steroid dienone is 3. The Morgan fingerprint density at radius 3 is 2.47 bits per heavy atom. The molecule has 0 spiro atoms. The van der Waals surface area contributed by atoms with Crippen molar-refractivity contribution < 1.29 is 21.6 Å². The molecular weight excluding hydrogens is 270 g/mol. The van der Waals surface area contributed by atoms with Gasteiger partial charge in [0.15, 0.2) is 0 Å². The van der Waals surface area contributed by atoms with Crippen molar-refractivity contribution in [3.8, 4) is 0 Å². The van der Waals surface area contributed by atoms with E-state index in [0.29, 0.717) is 4.22 Å². The Kier molecular flexibility index (Phi) is 4.57. The van der Waals surface area contributed by atoms with Crippen LogP contribution >= 0.6 is 0 Å². The van der Waals surface area contributed by atoms with Gasteiger partial charge in [-0.15, -0.1) is 0 Å². The molecule has 1 aliphatic carbocycles. The Hall–Kier alpha value is -1.38. The maximum atomic E-state index is 10.6. The molecule has 19 heavy (non-hydrogen) atoms. The third-order valence-corrected chi connectivity index (χ3v) is 9.89. The van der Waals surface area contributed by atoms with Crippen LogP contribution in [0, 0.1) is 0 Å². The average molecular weight is 289 g/mol. The fraction of sp³-hybridized carbons (Fsp3) is 0.188. The average Bonchev–Trinajstić information content (AvgIpc) is 3.09. The molecule has 1 amide bonds. The summed E-state index contributed by atoms with van der Waals surface area (Å²) in [4.78, 5) is 10.6. The van der Waals surface area contributed by atoms with E-state index in [9.17, 15) is 4.79 Å². The molecular formula is C16H19NOTi. The first-order chi connectivity index (χ1) is 9.27. The van der Waals surface area contributed by atoms with Gasteiger partial charge in [-0.25, -0.2) is 0 Å². The molecule has 1 atom stereocenters. The van der Waals surface area contributed by atoms with E-state index >= 15 is 0 Å². The van der Waals surface area contributed by atoms with Crippen LogP contribution < -0.4 is 3.80 Å². The zero-order chi connectivity index (χ0) is 13.7. The molecule has 3 rings (SSSR count). The number of rotatable bonds is 4. The topological polar surface area (TPSA) is 29.1 Å². The van der Waals surface area contributed by atoms with Crippen molar-refractivity contribution in [2.45, 2.75) is 13.7 Å². The number of benzene rings is 1. The first-order valence-corrected chi connectivity index (χ1v) is 10.4. The molecule has 1 saturated heterocycles. The van der Waals surface area contributed by atoms with Gasteiger partial charge in [-0.3, -0.25) is 0 Å². The first kappa shape index (κ1) is 14.0. The van der Waals surface area contributed by atoms with Gasteiger partial charge in [0.1, 0.15) is 0 Å². The Morgan fingerprint density at radius 1 is 1.21 bits per heavy atom. The van der Waals surface area contributed by atoms with Crippen LogP contribution in [0.5, 0.6) is 0 Å². The summed E-state index contributed by atoms with van der Waals surface area (Å²) >= 11 is -2.00. The van der Waals surface area contributed by atoms with Gasteiger partial charge in [-0.2, -0.15) is 0 Å². The number of nitrogens with one attached hydrogen (secondary N) is 1. The van der Waals surface area contributed by atoms with Crippen molar-refractivity contribution in [2.75, 3.05) is 0 Å². The number of carbonyl (C=O) groups is 1. The van der Waals surface area contributed by atoms with Crippen LogP contribution in [-0.2, 0) is 21.6 Å². The van der Waals surface area contributed by atoms with E-state index in [1.165, 1.54) is 20.6 Å². The number of fused-ring (bicyclic) bond motifs is 1. The maximum absolute atomic E-state index is 10.6. The fourth-order valence-electron chi connectivity index (χ4n) is 2.53. The van der Waals surface area contributed by atoms with Crippen molar-refractivity contribution in [3.63, 3.8) is 0 Å². The van der Waals surface area contributed by atoms with E-state index in [-0.39, 0.29) is 0 Å². The molecule has 2 aliphatic rings. The van der Waals surface area contributed by atoms with Crippen molar-refractivity contribution in [3.05, 3.63) is 66.8 Å². The van der Waals surface area contributed by atoms with E-state index in [1.54, 1.807) is 12.2 Å². The Morgan fingerprint density at radius 2 is 1.89 bits per heavy atom. The third-order valence-electron chi connectivity index (χ3n) is 3.70. The van der Waals surface area contributed by atoms with E-state index < -0.39 is 16.8 Å². The fourth-order valence-corrected chi connectivity index (χ4v) is 8.82. The minimum absolute atomic E-state index is 0.561. The quantitative estimate of drug-likeness (QED) is 0.510. The van der Waals surface area contributed by atoms with Gasteiger partial charge in [0.25, 0.3) is 0 Å². The summed E-state index contributed by atoms with van der Waals surface area (Å²) < 4.78 is 6.29. The molecule has 1 heterocycles. The molecule has 0 bridgehead atoms. The third kappa shape index (κ3) is 2.97. The predicted octanol–water partition coefficient (Wildman–Crippen LogP) is 3.78. The summed E-state index contributed by atoms with van der Waals surface area (Å²) in [6.45, 7) is 6.72. The number of hydrogen-bond donors (Lipinski definition) is 1. The van der Waals surface area contributed by atoms with Gasteiger partial charge in [-0.05, 0) is 0 Å². The van der Waals surface area contributed by atoms with E-state index in [2.05, 4.69) is 53.4 Å². The second-order valence-electron chi connectivity index (χ2n) is 4.86. The normalized spacial score (nSPS) is 20.5. The molecule has 98 valence electrons. The molecule has 1 aliphatic heterocycles. The number of carbonyl (C=O) groups excluding carboxylic acids is 1. The molecule has 1 aromatic rings. The Labute approximate surface area is 118 Å². The van der Waals surface area contributed by atoms with E-state index in [0.717, 1.165) is 6.41 Å². The van der Waals surface area contributed by atoms with Gasteiger partial charge in [0.05, 0.1) is 0 Å². The summed E-state index contributed by atoms with van der Waals surface area (Å²) in [6, 6.07) is 8.53. The molecule has 1 aromatic carbocycles. The van der Waals surface area contributed by atoms with Crippen molar-refractivity contribution in [1.82, 2.24) is 3.80 Å². The van der Waals surface area contributed by atoms with Gasteiger partial charge in [0.2, 0.25) is 0 Å². The summed E-state index contributed by atoms with van der Waals surface area (Å²) in [6.07, 6.45) is 8.70. The Balaban J connectivity index is 0.000000297. The van der Waals surface area contributed by atoms with Crippen LogP contribution in [0.2, 0.25) is 9.45 Å². The van der Waals surface area contributed by atoms with E-state index in [4.69, 9.17) is 0 Å². The molecule has 1 N–H and O–H groups in total. The van der Waals surface area contributed by atoms with Gasteiger partial charge in [-0.1, -0.05) is 25.3 Å². The van der Waals surface area contributed by atoms with Crippen molar-refractivity contribution in [1.29, 1.82) is 0 Å². The molecule has 1 fully saturated rings. The minimum atomic E-state index is -2.00.